The predicted octanol–water partition coefficient (Wildman–Crippen LogP) is 2.87. The molecule has 1 saturated carbocycles. The van der Waals surface area contributed by atoms with Gasteiger partial charge in [0.25, 0.3) is 0 Å². The average Bonchev–Trinajstić information content (AvgIpc) is 2.28. The van der Waals surface area contributed by atoms with Crippen LogP contribution < -0.4 is 5.32 Å². The molecule has 0 saturated heterocycles. The smallest absolute Gasteiger partial charge is 0.223 e. The Hall–Kier alpha value is -0.0900. The highest BCUT2D eigenvalue weighted by Crippen LogP contribution is 2.22. The molecule has 3 nitrogen and oxygen atoms in total. The van der Waals surface area contributed by atoms with E-state index in [-0.39, 0.29) is 11.8 Å². The number of ether oxygens (including phenoxy) is 1. The van der Waals surface area contributed by atoms with Gasteiger partial charge in [0, 0.05) is 17.8 Å². The van der Waals surface area contributed by atoms with Gasteiger partial charge in [-0.3, -0.25) is 4.79 Å². The van der Waals surface area contributed by atoms with Crippen molar-refractivity contribution in [3.8, 4) is 0 Å². The van der Waals surface area contributed by atoms with Crippen molar-refractivity contribution in [1.82, 2.24) is 5.32 Å². The van der Waals surface area contributed by atoms with Gasteiger partial charge in [-0.1, -0.05) is 48.0 Å². The Morgan fingerprint density at radius 1 is 1.12 bits per heavy atom. The molecule has 4 heteroatoms. The maximum atomic E-state index is 11.9. The molecule has 0 atom stereocenters. The number of hydrogen-bond donors (Lipinski definition) is 1. The van der Waals surface area contributed by atoms with Crippen LogP contribution in [0.3, 0.4) is 0 Å². The Balaban J connectivity index is 2.11. The maximum Gasteiger partial charge on any atom is 0.223 e. The topological polar surface area (TPSA) is 38.3 Å². The summed E-state index contributed by atoms with van der Waals surface area (Å²) in [5, 5.41) is 3.83. The summed E-state index contributed by atoms with van der Waals surface area (Å²) in [5.74, 6) is 0.473. The monoisotopic (exact) mass is 305 g/mol. The van der Waals surface area contributed by atoms with E-state index >= 15 is 0 Å². The molecule has 1 fully saturated rings. The van der Waals surface area contributed by atoms with Crippen LogP contribution >= 0.6 is 15.9 Å². The van der Waals surface area contributed by atoms with E-state index in [4.69, 9.17) is 4.74 Å². The van der Waals surface area contributed by atoms with Crippen LogP contribution in [0.2, 0.25) is 0 Å². The molecule has 0 unspecified atom stereocenters. The van der Waals surface area contributed by atoms with Gasteiger partial charge in [0.15, 0.2) is 0 Å². The van der Waals surface area contributed by atoms with Crippen LogP contribution in [-0.2, 0) is 9.53 Å². The van der Waals surface area contributed by atoms with Crippen molar-refractivity contribution in [3.63, 3.8) is 0 Å². The zero-order chi connectivity index (χ0) is 12.3. The Labute approximate surface area is 113 Å². The molecule has 1 N–H and O–H groups in total. The lowest BCUT2D eigenvalue weighted by atomic mass is 9.90. The molecule has 0 spiro atoms. The van der Waals surface area contributed by atoms with Gasteiger partial charge < -0.3 is 10.1 Å². The van der Waals surface area contributed by atoms with E-state index in [1.807, 2.05) is 0 Å². The predicted molar refractivity (Wildman–Crippen MR) is 73.4 cm³/mol. The largest absolute Gasteiger partial charge is 0.379 e. The fraction of sp³-hybridized carbons (Fsp3) is 0.923. The SMILES string of the molecule is O=C(NCCOCCBr)C1CCCCCCC1. The summed E-state index contributed by atoms with van der Waals surface area (Å²) in [7, 11) is 0. The van der Waals surface area contributed by atoms with Gasteiger partial charge >= 0.3 is 0 Å². The maximum absolute atomic E-state index is 11.9. The number of carbonyl (C=O) groups is 1. The number of amides is 1. The van der Waals surface area contributed by atoms with Crippen molar-refractivity contribution < 1.29 is 9.53 Å². The third kappa shape index (κ3) is 7.04. The highest BCUT2D eigenvalue weighted by molar-refractivity contribution is 9.09. The average molecular weight is 306 g/mol. The van der Waals surface area contributed by atoms with Gasteiger partial charge in [0.05, 0.1) is 13.2 Å². The standard InChI is InChI=1S/C13H24BrNO2/c14-8-10-17-11-9-15-13(16)12-6-4-2-1-3-5-7-12/h12H,1-11H2,(H,15,16). The van der Waals surface area contributed by atoms with Crippen LogP contribution in [0.5, 0.6) is 0 Å². The van der Waals surface area contributed by atoms with Crippen molar-refractivity contribution in [2.45, 2.75) is 44.9 Å². The van der Waals surface area contributed by atoms with E-state index in [0.29, 0.717) is 19.8 Å². The molecule has 0 aromatic rings. The van der Waals surface area contributed by atoms with Crippen molar-refractivity contribution in [3.05, 3.63) is 0 Å². The number of halogens is 1. The fourth-order valence-electron chi connectivity index (χ4n) is 2.27. The van der Waals surface area contributed by atoms with E-state index in [2.05, 4.69) is 21.2 Å². The minimum absolute atomic E-state index is 0.231. The molecule has 1 rings (SSSR count). The van der Waals surface area contributed by atoms with Gasteiger partial charge in [-0.05, 0) is 12.8 Å². The molecule has 17 heavy (non-hydrogen) atoms. The fourth-order valence-corrected chi connectivity index (χ4v) is 2.49. The molecular weight excluding hydrogens is 282 g/mol. The molecular formula is C13H24BrNO2. The summed E-state index contributed by atoms with van der Waals surface area (Å²) in [6.45, 7) is 1.96. The van der Waals surface area contributed by atoms with Crippen molar-refractivity contribution >= 4 is 21.8 Å². The van der Waals surface area contributed by atoms with E-state index < -0.39 is 0 Å². The summed E-state index contributed by atoms with van der Waals surface area (Å²) in [6, 6.07) is 0. The van der Waals surface area contributed by atoms with Gasteiger partial charge in [0.1, 0.15) is 0 Å². The first-order valence-corrected chi connectivity index (χ1v) is 7.88. The van der Waals surface area contributed by atoms with Crippen molar-refractivity contribution in [2.24, 2.45) is 5.92 Å². The van der Waals surface area contributed by atoms with E-state index in [1.165, 1.54) is 32.1 Å². The lowest BCUT2D eigenvalue weighted by molar-refractivity contribution is -0.125. The molecule has 0 aromatic carbocycles. The van der Waals surface area contributed by atoms with Gasteiger partial charge in [-0.15, -0.1) is 0 Å². The molecule has 0 radical (unpaired) electrons. The Kier molecular flexibility index (Phi) is 8.71. The second kappa shape index (κ2) is 9.89. The van der Waals surface area contributed by atoms with Crippen molar-refractivity contribution in [2.75, 3.05) is 25.1 Å². The van der Waals surface area contributed by atoms with Gasteiger partial charge in [-0.25, -0.2) is 0 Å². The van der Waals surface area contributed by atoms with Gasteiger partial charge in [0.2, 0.25) is 5.91 Å². The van der Waals surface area contributed by atoms with Crippen LogP contribution in [0.15, 0.2) is 0 Å². The number of rotatable bonds is 6. The molecule has 1 amide bonds. The zero-order valence-corrected chi connectivity index (χ0v) is 12.1. The van der Waals surface area contributed by atoms with Crippen LogP contribution in [0, 0.1) is 5.92 Å². The Bertz CT molecular complexity index is 204. The lowest BCUT2D eigenvalue weighted by Crippen LogP contribution is -2.33. The third-order valence-electron chi connectivity index (χ3n) is 3.24. The van der Waals surface area contributed by atoms with Gasteiger partial charge in [-0.2, -0.15) is 0 Å². The van der Waals surface area contributed by atoms with Crippen LogP contribution in [0.25, 0.3) is 0 Å². The number of hydrogen-bond acceptors (Lipinski definition) is 2. The summed E-state index contributed by atoms with van der Waals surface area (Å²) in [5.41, 5.74) is 0. The molecule has 0 bridgehead atoms. The first-order chi connectivity index (χ1) is 8.34. The number of nitrogens with one attached hydrogen (secondary N) is 1. The third-order valence-corrected chi connectivity index (χ3v) is 3.57. The summed E-state index contributed by atoms with van der Waals surface area (Å²) >= 11 is 3.30. The second-order valence-electron chi connectivity index (χ2n) is 4.63. The van der Waals surface area contributed by atoms with E-state index in [0.717, 1.165) is 18.2 Å². The molecule has 0 aliphatic heterocycles. The molecule has 0 heterocycles. The second-order valence-corrected chi connectivity index (χ2v) is 5.43. The number of carbonyl (C=O) groups excluding carboxylic acids is 1. The Morgan fingerprint density at radius 3 is 2.41 bits per heavy atom. The van der Waals surface area contributed by atoms with E-state index in [1.54, 1.807) is 0 Å². The molecule has 1 aliphatic rings. The minimum atomic E-state index is 0.231. The van der Waals surface area contributed by atoms with E-state index in [9.17, 15) is 4.79 Å². The highest BCUT2D eigenvalue weighted by Gasteiger charge is 2.18. The normalized spacial score (nSPS) is 18.4. The first-order valence-electron chi connectivity index (χ1n) is 6.76. The van der Waals surface area contributed by atoms with Crippen LogP contribution in [-0.4, -0.2) is 31.0 Å². The van der Waals surface area contributed by atoms with Crippen molar-refractivity contribution in [1.29, 1.82) is 0 Å². The lowest BCUT2D eigenvalue weighted by Gasteiger charge is -2.19. The summed E-state index contributed by atoms with van der Waals surface area (Å²) in [4.78, 5) is 11.9. The highest BCUT2D eigenvalue weighted by atomic mass is 79.9. The molecule has 0 aromatic heterocycles. The number of alkyl halides is 1. The molecule has 1 aliphatic carbocycles. The van der Waals surface area contributed by atoms with Crippen LogP contribution in [0.1, 0.15) is 44.9 Å². The molecule has 100 valence electrons. The summed E-state index contributed by atoms with van der Waals surface area (Å²) < 4.78 is 5.30. The zero-order valence-electron chi connectivity index (χ0n) is 10.5. The first kappa shape index (κ1) is 15.0. The Morgan fingerprint density at radius 2 is 1.76 bits per heavy atom. The summed E-state index contributed by atoms with van der Waals surface area (Å²) in [6.07, 6.45) is 8.46. The van der Waals surface area contributed by atoms with Crippen LogP contribution in [0.4, 0.5) is 0 Å². The quantitative estimate of drug-likeness (QED) is 0.605. The minimum Gasteiger partial charge on any atom is -0.379 e.